The topological polar surface area (TPSA) is 75.2 Å². The molecule has 2 aromatic rings. The number of aryl methyl sites for hydroxylation is 1. The molecule has 2 amide bonds. The number of carbonyl (C=O) groups excluding carboxylic acids is 2. The van der Waals surface area contributed by atoms with Crippen molar-refractivity contribution < 1.29 is 9.59 Å². The summed E-state index contributed by atoms with van der Waals surface area (Å²) in [7, 11) is 0. The van der Waals surface area contributed by atoms with Crippen molar-refractivity contribution in [3.63, 3.8) is 0 Å². The minimum Gasteiger partial charge on any atom is -0.348 e. The molecule has 2 heterocycles. The number of carbonyl (C=O) groups is 2. The highest BCUT2D eigenvalue weighted by atomic mass is 16.2. The molecule has 1 saturated heterocycles. The number of hydrogen-bond acceptors (Lipinski definition) is 4. The second-order valence-corrected chi connectivity index (χ2v) is 9.28. The molecule has 6 nitrogen and oxygen atoms in total. The van der Waals surface area contributed by atoms with E-state index < -0.39 is 0 Å². The van der Waals surface area contributed by atoms with Gasteiger partial charge in [-0.05, 0) is 44.1 Å². The van der Waals surface area contributed by atoms with Crippen molar-refractivity contribution in [2.45, 2.75) is 70.8 Å². The summed E-state index contributed by atoms with van der Waals surface area (Å²) in [5.41, 5.74) is 2.24. The first-order chi connectivity index (χ1) is 15.6. The Hall–Kier alpha value is -2.76. The number of benzene rings is 1. The first-order valence-electron chi connectivity index (χ1n) is 12.0. The maximum Gasteiger partial charge on any atom is 0.254 e. The van der Waals surface area contributed by atoms with Gasteiger partial charge < -0.3 is 10.2 Å². The van der Waals surface area contributed by atoms with Crippen molar-refractivity contribution in [1.82, 2.24) is 20.2 Å². The van der Waals surface area contributed by atoms with Gasteiger partial charge in [-0.3, -0.25) is 9.59 Å². The summed E-state index contributed by atoms with van der Waals surface area (Å²) in [6.45, 7) is 3.85. The average molecular weight is 435 g/mol. The van der Waals surface area contributed by atoms with Gasteiger partial charge in [0.25, 0.3) is 5.91 Å². The summed E-state index contributed by atoms with van der Waals surface area (Å²) in [5.74, 6) is 1.57. The molecule has 32 heavy (non-hydrogen) atoms. The lowest BCUT2D eigenvalue weighted by atomic mass is 9.86. The van der Waals surface area contributed by atoms with Crippen molar-refractivity contribution in [3.8, 4) is 0 Å². The summed E-state index contributed by atoms with van der Waals surface area (Å²) in [4.78, 5) is 36.7. The highest BCUT2D eigenvalue weighted by molar-refractivity contribution is 5.94. The van der Waals surface area contributed by atoms with Gasteiger partial charge in [0.1, 0.15) is 5.82 Å². The lowest BCUT2D eigenvalue weighted by Crippen LogP contribution is -2.40. The molecule has 6 heteroatoms. The van der Waals surface area contributed by atoms with E-state index in [1.807, 2.05) is 42.2 Å². The Kier molecular flexibility index (Phi) is 7.51. The number of aromatic nitrogens is 2. The minimum absolute atomic E-state index is 0.138. The van der Waals surface area contributed by atoms with E-state index in [0.717, 1.165) is 30.8 Å². The number of rotatable bonds is 6. The Balaban J connectivity index is 1.35. The second kappa shape index (κ2) is 10.7. The van der Waals surface area contributed by atoms with Crippen molar-refractivity contribution in [3.05, 3.63) is 59.2 Å². The van der Waals surface area contributed by atoms with E-state index in [0.29, 0.717) is 36.7 Å². The van der Waals surface area contributed by atoms with Crippen LogP contribution in [0.3, 0.4) is 0 Å². The Morgan fingerprint density at radius 2 is 1.84 bits per heavy atom. The van der Waals surface area contributed by atoms with Gasteiger partial charge >= 0.3 is 0 Å². The van der Waals surface area contributed by atoms with Gasteiger partial charge in [-0.1, -0.05) is 49.6 Å². The van der Waals surface area contributed by atoms with E-state index in [-0.39, 0.29) is 17.7 Å². The van der Waals surface area contributed by atoms with Crippen LogP contribution >= 0.6 is 0 Å². The first kappa shape index (κ1) is 22.4. The normalized spacial score (nSPS) is 19.5. The molecule has 1 aliphatic carbocycles. The first-order valence-corrected chi connectivity index (χ1v) is 12.0. The average Bonchev–Trinajstić information content (AvgIpc) is 2.84. The number of nitrogens with zero attached hydrogens (tertiary/aromatic N) is 3. The Bertz CT molecular complexity index is 925. The molecular formula is C26H34N4O2. The summed E-state index contributed by atoms with van der Waals surface area (Å²) >= 11 is 0. The molecule has 0 unspecified atom stereocenters. The molecule has 2 aliphatic rings. The lowest BCUT2D eigenvalue weighted by molar-refractivity contribution is -0.133. The fourth-order valence-corrected chi connectivity index (χ4v) is 4.96. The Morgan fingerprint density at radius 1 is 1.06 bits per heavy atom. The second-order valence-electron chi connectivity index (χ2n) is 9.28. The Labute approximate surface area is 190 Å². The summed E-state index contributed by atoms with van der Waals surface area (Å²) in [6, 6.07) is 9.84. The SMILES string of the molecule is Cc1nc([C@@H]2CCCN(C(=O)CC3CCCCC3)C2)ncc1C(=O)NCc1ccccc1. The minimum atomic E-state index is -0.161. The van der Waals surface area contributed by atoms with E-state index in [4.69, 9.17) is 0 Å². The van der Waals surface area contributed by atoms with Gasteiger partial charge in [-0.15, -0.1) is 0 Å². The van der Waals surface area contributed by atoms with Gasteiger partial charge in [0.05, 0.1) is 11.3 Å². The van der Waals surface area contributed by atoms with Gasteiger partial charge in [0.15, 0.2) is 0 Å². The van der Waals surface area contributed by atoms with Crippen LogP contribution in [-0.2, 0) is 11.3 Å². The molecule has 0 spiro atoms. The van der Waals surface area contributed by atoms with Crippen LogP contribution in [0, 0.1) is 12.8 Å². The largest absolute Gasteiger partial charge is 0.348 e. The smallest absolute Gasteiger partial charge is 0.254 e. The molecule has 1 aromatic heterocycles. The van der Waals surface area contributed by atoms with Crippen molar-refractivity contribution >= 4 is 11.8 Å². The van der Waals surface area contributed by atoms with Crippen LogP contribution in [0.1, 0.15) is 84.7 Å². The van der Waals surface area contributed by atoms with Crippen LogP contribution in [0.5, 0.6) is 0 Å². The van der Waals surface area contributed by atoms with Crippen LogP contribution < -0.4 is 5.32 Å². The molecule has 4 rings (SSSR count). The van der Waals surface area contributed by atoms with Crippen LogP contribution in [-0.4, -0.2) is 39.8 Å². The van der Waals surface area contributed by atoms with Gasteiger partial charge in [-0.25, -0.2) is 9.97 Å². The monoisotopic (exact) mass is 434 g/mol. The zero-order valence-corrected chi connectivity index (χ0v) is 19.1. The number of amides is 2. The van der Waals surface area contributed by atoms with Gasteiger partial charge in [0.2, 0.25) is 5.91 Å². The van der Waals surface area contributed by atoms with Crippen LogP contribution in [0.4, 0.5) is 0 Å². The zero-order chi connectivity index (χ0) is 22.3. The van der Waals surface area contributed by atoms with E-state index in [1.54, 1.807) is 6.20 Å². The maximum atomic E-state index is 12.9. The molecule has 2 fully saturated rings. The van der Waals surface area contributed by atoms with E-state index in [1.165, 1.54) is 32.1 Å². The third kappa shape index (κ3) is 5.72. The molecule has 170 valence electrons. The molecule has 0 radical (unpaired) electrons. The highest BCUT2D eigenvalue weighted by Gasteiger charge is 2.28. The number of likely N-dealkylation sites (tertiary alicyclic amines) is 1. The van der Waals surface area contributed by atoms with Crippen LogP contribution in [0.2, 0.25) is 0 Å². The molecule has 1 aromatic carbocycles. The summed E-state index contributed by atoms with van der Waals surface area (Å²) in [6.07, 6.45) is 10.5. The predicted octanol–water partition coefficient (Wildman–Crippen LogP) is 4.39. The molecule has 1 atom stereocenters. The van der Waals surface area contributed by atoms with E-state index in [2.05, 4.69) is 15.3 Å². The molecule has 1 N–H and O–H groups in total. The van der Waals surface area contributed by atoms with E-state index in [9.17, 15) is 9.59 Å². The molecule has 1 saturated carbocycles. The van der Waals surface area contributed by atoms with Crippen molar-refractivity contribution in [2.24, 2.45) is 5.92 Å². The summed E-state index contributed by atoms with van der Waals surface area (Å²) < 4.78 is 0. The number of nitrogens with one attached hydrogen (secondary N) is 1. The van der Waals surface area contributed by atoms with Crippen LogP contribution in [0.15, 0.2) is 36.5 Å². The molecule has 1 aliphatic heterocycles. The number of piperidine rings is 1. The fourth-order valence-electron chi connectivity index (χ4n) is 4.96. The third-order valence-corrected chi connectivity index (χ3v) is 6.87. The Morgan fingerprint density at radius 3 is 2.59 bits per heavy atom. The molecule has 0 bridgehead atoms. The van der Waals surface area contributed by atoms with Crippen LogP contribution in [0.25, 0.3) is 0 Å². The van der Waals surface area contributed by atoms with E-state index >= 15 is 0 Å². The number of hydrogen-bond donors (Lipinski definition) is 1. The highest BCUT2D eigenvalue weighted by Crippen LogP contribution is 2.29. The summed E-state index contributed by atoms with van der Waals surface area (Å²) in [5, 5.41) is 2.94. The van der Waals surface area contributed by atoms with Gasteiger partial charge in [0, 0.05) is 38.2 Å². The van der Waals surface area contributed by atoms with Gasteiger partial charge in [-0.2, -0.15) is 0 Å². The van der Waals surface area contributed by atoms with Crippen molar-refractivity contribution in [2.75, 3.05) is 13.1 Å². The predicted molar refractivity (Wildman–Crippen MR) is 124 cm³/mol. The molecular weight excluding hydrogens is 400 g/mol. The zero-order valence-electron chi connectivity index (χ0n) is 19.1. The standard InChI is InChI=1S/C26H34N4O2/c1-19-23(26(32)28-16-21-11-6-3-7-12-21)17-27-25(29-19)22-13-8-14-30(18-22)24(31)15-20-9-4-2-5-10-20/h3,6-7,11-12,17,20,22H,2,4-5,8-10,13-16,18H2,1H3,(H,28,32)/t22-/m1/s1. The maximum absolute atomic E-state index is 12.9. The fraction of sp³-hybridized carbons (Fsp3) is 0.538. The lowest BCUT2D eigenvalue weighted by Gasteiger charge is -2.33. The van der Waals surface area contributed by atoms with Crippen molar-refractivity contribution in [1.29, 1.82) is 0 Å². The third-order valence-electron chi connectivity index (χ3n) is 6.87. The quantitative estimate of drug-likeness (QED) is 0.732.